The van der Waals surface area contributed by atoms with Crippen molar-refractivity contribution in [3.8, 4) is 0 Å². The first-order valence-electron chi connectivity index (χ1n) is 12.1. The van der Waals surface area contributed by atoms with Crippen LogP contribution in [0.5, 0.6) is 0 Å². The summed E-state index contributed by atoms with van der Waals surface area (Å²) in [5, 5.41) is 2.70. The maximum atomic E-state index is 2.36. The molecule has 0 aliphatic carbocycles. The summed E-state index contributed by atoms with van der Waals surface area (Å²) < 4.78 is 0. The van der Waals surface area contributed by atoms with Gasteiger partial charge in [-0.25, -0.2) is 0 Å². The Morgan fingerprint density at radius 1 is 0.571 bits per heavy atom. The van der Waals surface area contributed by atoms with Crippen molar-refractivity contribution in [2.75, 3.05) is 0 Å². The highest BCUT2D eigenvalue weighted by molar-refractivity contribution is 5.90. The Kier molecular flexibility index (Phi) is 12.5. The lowest BCUT2D eigenvalue weighted by molar-refractivity contribution is 0.536. The Morgan fingerprint density at radius 3 is 1.75 bits per heavy atom. The average molecular weight is 379 g/mol. The van der Waals surface area contributed by atoms with Gasteiger partial charge < -0.3 is 0 Å². The molecule has 0 amide bonds. The highest BCUT2D eigenvalue weighted by Crippen LogP contribution is 2.20. The number of unbranched alkanes of at least 4 members (excludes halogenated alkanes) is 14. The summed E-state index contributed by atoms with van der Waals surface area (Å²) in [4.78, 5) is 0. The number of allylic oxidation sites excluding steroid dienone is 1. The third-order valence-electron chi connectivity index (χ3n) is 5.85. The van der Waals surface area contributed by atoms with E-state index in [1.807, 2.05) is 0 Å². The highest BCUT2D eigenvalue weighted by Gasteiger charge is 1.96. The molecule has 0 aliphatic rings. The molecule has 154 valence electrons. The molecule has 0 spiro atoms. The van der Waals surface area contributed by atoms with Crippen LogP contribution in [-0.4, -0.2) is 0 Å². The van der Waals surface area contributed by atoms with Gasteiger partial charge in [0.1, 0.15) is 0 Å². The fourth-order valence-electron chi connectivity index (χ4n) is 4.06. The Balaban J connectivity index is 1.42. The van der Waals surface area contributed by atoms with Crippen LogP contribution in [-0.2, 0) is 0 Å². The third-order valence-corrected chi connectivity index (χ3v) is 5.85. The molecule has 28 heavy (non-hydrogen) atoms. The lowest BCUT2D eigenvalue weighted by atomic mass is 10.0. The number of hydrogen-bond acceptors (Lipinski definition) is 0. The molecular weight excluding hydrogens is 336 g/mol. The lowest BCUT2D eigenvalue weighted by Gasteiger charge is -2.03. The molecule has 0 unspecified atom stereocenters. The molecule has 0 fully saturated rings. The van der Waals surface area contributed by atoms with Crippen molar-refractivity contribution >= 4 is 16.8 Å². The standard InChI is InChI=1S/C28H42/c1-2-3-4-5-6-7-8-9-10-11-12-13-14-15-16-17-21-26-23-20-24-27-22-18-19-25-28(26)27/h17-25H,2-16H2,1H3/b21-17+. The van der Waals surface area contributed by atoms with Crippen molar-refractivity contribution < 1.29 is 0 Å². The van der Waals surface area contributed by atoms with Crippen molar-refractivity contribution in [1.29, 1.82) is 0 Å². The van der Waals surface area contributed by atoms with Crippen molar-refractivity contribution in [3.05, 3.63) is 54.1 Å². The molecule has 0 heterocycles. The predicted molar refractivity (Wildman–Crippen MR) is 128 cm³/mol. The minimum atomic E-state index is 1.21. The van der Waals surface area contributed by atoms with Gasteiger partial charge in [-0.05, 0) is 29.2 Å². The molecule has 2 rings (SSSR count). The zero-order valence-corrected chi connectivity index (χ0v) is 18.3. The van der Waals surface area contributed by atoms with E-state index < -0.39 is 0 Å². The molecule has 0 aliphatic heterocycles. The van der Waals surface area contributed by atoms with Crippen molar-refractivity contribution in [3.63, 3.8) is 0 Å². The van der Waals surface area contributed by atoms with Crippen molar-refractivity contribution in [2.24, 2.45) is 0 Å². The first-order valence-corrected chi connectivity index (χ1v) is 12.1. The van der Waals surface area contributed by atoms with Crippen LogP contribution < -0.4 is 0 Å². The minimum Gasteiger partial charge on any atom is -0.0839 e. The van der Waals surface area contributed by atoms with Gasteiger partial charge in [0.2, 0.25) is 0 Å². The zero-order chi connectivity index (χ0) is 19.7. The van der Waals surface area contributed by atoms with E-state index in [1.165, 1.54) is 113 Å². The summed E-state index contributed by atoms with van der Waals surface area (Å²) in [5.41, 5.74) is 1.35. The molecular formula is C28H42. The maximum Gasteiger partial charge on any atom is -0.0112 e. The molecule has 0 atom stereocenters. The molecule has 2 aromatic carbocycles. The van der Waals surface area contributed by atoms with Crippen LogP contribution >= 0.6 is 0 Å². The summed E-state index contributed by atoms with van der Waals surface area (Å²) in [6, 6.07) is 15.2. The summed E-state index contributed by atoms with van der Waals surface area (Å²) in [6.45, 7) is 2.29. The zero-order valence-electron chi connectivity index (χ0n) is 18.3. The smallest absolute Gasteiger partial charge is 0.0112 e. The molecule has 0 saturated carbocycles. The van der Waals surface area contributed by atoms with Crippen LogP contribution in [0.1, 0.15) is 109 Å². The van der Waals surface area contributed by atoms with Gasteiger partial charge in [0, 0.05) is 0 Å². The van der Waals surface area contributed by atoms with Gasteiger partial charge in [-0.1, -0.05) is 145 Å². The average Bonchev–Trinajstić information content (AvgIpc) is 2.73. The van der Waals surface area contributed by atoms with Gasteiger partial charge in [-0.15, -0.1) is 0 Å². The topological polar surface area (TPSA) is 0 Å². The van der Waals surface area contributed by atoms with Crippen LogP contribution in [0, 0.1) is 0 Å². The van der Waals surface area contributed by atoms with E-state index in [2.05, 4.69) is 61.5 Å². The summed E-state index contributed by atoms with van der Waals surface area (Å²) in [5.74, 6) is 0. The van der Waals surface area contributed by atoms with Gasteiger partial charge in [-0.3, -0.25) is 0 Å². The summed E-state index contributed by atoms with van der Waals surface area (Å²) in [7, 11) is 0. The Bertz CT molecular complexity index is 647. The fraction of sp³-hybridized carbons (Fsp3) is 0.571. The first-order chi connectivity index (χ1) is 13.9. The quantitative estimate of drug-likeness (QED) is 0.255. The van der Waals surface area contributed by atoms with E-state index in [0.717, 1.165) is 0 Å². The third kappa shape index (κ3) is 9.58. The number of benzene rings is 2. The van der Waals surface area contributed by atoms with Gasteiger partial charge >= 0.3 is 0 Å². The largest absolute Gasteiger partial charge is 0.0839 e. The van der Waals surface area contributed by atoms with Crippen molar-refractivity contribution in [2.45, 2.75) is 103 Å². The SMILES string of the molecule is CCCCCCCCCCCCCCCC/C=C/c1cccc2ccccc12. The Hall–Kier alpha value is -1.56. The molecule has 2 aromatic rings. The molecule has 0 saturated heterocycles. The van der Waals surface area contributed by atoms with E-state index in [9.17, 15) is 0 Å². The number of rotatable bonds is 16. The molecule has 0 radical (unpaired) electrons. The molecule has 0 N–H and O–H groups in total. The van der Waals surface area contributed by atoms with Crippen LogP contribution in [0.25, 0.3) is 16.8 Å². The fourth-order valence-corrected chi connectivity index (χ4v) is 4.06. The second kappa shape index (κ2) is 15.4. The van der Waals surface area contributed by atoms with Gasteiger partial charge in [0.25, 0.3) is 0 Å². The summed E-state index contributed by atoms with van der Waals surface area (Å²) >= 11 is 0. The lowest BCUT2D eigenvalue weighted by Crippen LogP contribution is -1.83. The molecule has 0 heteroatoms. The normalized spacial score (nSPS) is 11.6. The number of hydrogen-bond donors (Lipinski definition) is 0. The second-order valence-corrected chi connectivity index (χ2v) is 8.36. The first kappa shape index (κ1) is 22.7. The Labute approximate surface area is 174 Å². The second-order valence-electron chi connectivity index (χ2n) is 8.36. The maximum absolute atomic E-state index is 2.36. The monoisotopic (exact) mass is 378 g/mol. The van der Waals surface area contributed by atoms with E-state index >= 15 is 0 Å². The van der Waals surface area contributed by atoms with Gasteiger partial charge in [0.15, 0.2) is 0 Å². The van der Waals surface area contributed by atoms with E-state index in [0.29, 0.717) is 0 Å². The van der Waals surface area contributed by atoms with Crippen LogP contribution in [0.2, 0.25) is 0 Å². The van der Waals surface area contributed by atoms with Crippen LogP contribution in [0.15, 0.2) is 48.5 Å². The van der Waals surface area contributed by atoms with Crippen LogP contribution in [0.4, 0.5) is 0 Å². The van der Waals surface area contributed by atoms with Crippen molar-refractivity contribution in [1.82, 2.24) is 0 Å². The minimum absolute atomic E-state index is 1.21. The van der Waals surface area contributed by atoms with E-state index in [-0.39, 0.29) is 0 Å². The van der Waals surface area contributed by atoms with Crippen LogP contribution in [0.3, 0.4) is 0 Å². The van der Waals surface area contributed by atoms with Gasteiger partial charge in [-0.2, -0.15) is 0 Å². The van der Waals surface area contributed by atoms with E-state index in [1.54, 1.807) is 0 Å². The molecule has 0 nitrogen and oxygen atoms in total. The number of fused-ring (bicyclic) bond motifs is 1. The predicted octanol–water partition coefficient (Wildman–Crippen LogP) is 9.72. The Morgan fingerprint density at radius 2 is 1.11 bits per heavy atom. The van der Waals surface area contributed by atoms with E-state index in [4.69, 9.17) is 0 Å². The van der Waals surface area contributed by atoms with Gasteiger partial charge in [0.05, 0.1) is 0 Å². The summed E-state index contributed by atoms with van der Waals surface area (Å²) in [6.07, 6.45) is 25.9. The highest BCUT2D eigenvalue weighted by atomic mass is 14.0. The molecule has 0 bridgehead atoms. The molecule has 0 aromatic heterocycles.